The van der Waals surface area contributed by atoms with Crippen LogP contribution in [-0.2, 0) is 0 Å². The van der Waals surface area contributed by atoms with E-state index in [4.69, 9.17) is 0 Å². The van der Waals surface area contributed by atoms with E-state index in [9.17, 15) is 14.4 Å². The van der Waals surface area contributed by atoms with Crippen molar-refractivity contribution >= 4 is 16.9 Å². The minimum Gasteiger partial charge on any atom is -0.342 e. The molecule has 2 atom stereocenters. The summed E-state index contributed by atoms with van der Waals surface area (Å²) in [6, 6.07) is 0.974. The molecular weight excluding hydrogens is 338 g/mol. The van der Waals surface area contributed by atoms with E-state index in [1.165, 1.54) is 12.3 Å². The largest absolute Gasteiger partial charge is 0.342 e. The summed E-state index contributed by atoms with van der Waals surface area (Å²) in [5.41, 5.74) is -0.934. The topological polar surface area (TPSA) is 149 Å². The van der Waals surface area contributed by atoms with E-state index in [0.29, 0.717) is 11.6 Å². The van der Waals surface area contributed by atoms with Crippen molar-refractivity contribution < 1.29 is 4.79 Å². The highest BCUT2D eigenvalue weighted by atomic mass is 16.2. The summed E-state index contributed by atoms with van der Waals surface area (Å²) in [6.45, 7) is 5.85. The highest BCUT2D eigenvalue weighted by Gasteiger charge is 2.18. The van der Waals surface area contributed by atoms with Crippen molar-refractivity contribution in [3.63, 3.8) is 0 Å². The molecule has 136 valence electrons. The molecule has 3 heterocycles. The number of hydrogen-bond donors (Lipinski definition) is 4. The summed E-state index contributed by atoms with van der Waals surface area (Å²) in [7, 11) is 0. The van der Waals surface area contributed by atoms with Crippen LogP contribution >= 0.6 is 0 Å². The molecule has 3 aromatic rings. The molecule has 3 aromatic heterocycles. The Hall–Kier alpha value is -3.30. The number of amides is 1. The van der Waals surface area contributed by atoms with Crippen LogP contribution in [0.3, 0.4) is 0 Å². The molecule has 0 aromatic carbocycles. The maximum atomic E-state index is 12.4. The number of nitrogens with zero attached hydrogens (tertiary/aromatic N) is 3. The highest BCUT2D eigenvalue weighted by Crippen LogP contribution is 2.16. The lowest BCUT2D eigenvalue weighted by Crippen LogP contribution is -2.28. The van der Waals surface area contributed by atoms with Crippen molar-refractivity contribution in [2.24, 2.45) is 0 Å². The zero-order valence-corrected chi connectivity index (χ0v) is 14.6. The number of carbonyl (C=O) groups is 1. The van der Waals surface area contributed by atoms with Crippen LogP contribution in [0.25, 0.3) is 11.0 Å². The molecule has 0 spiro atoms. The lowest BCUT2D eigenvalue weighted by Gasteiger charge is -2.11. The van der Waals surface area contributed by atoms with Gasteiger partial charge in [0.05, 0.1) is 17.0 Å². The lowest BCUT2D eigenvalue weighted by molar-refractivity contribution is 0.0938. The molecule has 10 nitrogen and oxygen atoms in total. The van der Waals surface area contributed by atoms with E-state index in [2.05, 4.69) is 35.5 Å². The summed E-state index contributed by atoms with van der Waals surface area (Å²) in [4.78, 5) is 48.4. The minimum absolute atomic E-state index is 0.122. The van der Waals surface area contributed by atoms with Gasteiger partial charge in [0.1, 0.15) is 11.5 Å². The molecule has 26 heavy (non-hydrogen) atoms. The van der Waals surface area contributed by atoms with Gasteiger partial charge in [-0.25, -0.2) is 14.8 Å². The summed E-state index contributed by atoms with van der Waals surface area (Å²) in [6.07, 6.45) is 2.21. The van der Waals surface area contributed by atoms with Crippen LogP contribution in [0, 0.1) is 0 Å². The first-order valence-electron chi connectivity index (χ1n) is 8.24. The monoisotopic (exact) mass is 357 g/mol. The van der Waals surface area contributed by atoms with Gasteiger partial charge in [-0.15, -0.1) is 0 Å². The third-order valence-electron chi connectivity index (χ3n) is 4.18. The number of hydrogen-bond acceptors (Lipinski definition) is 6. The summed E-state index contributed by atoms with van der Waals surface area (Å²) in [5, 5.41) is 9.92. The number of nitrogens with one attached hydrogen (secondary N) is 4. The van der Waals surface area contributed by atoms with E-state index in [1.807, 2.05) is 13.8 Å². The van der Waals surface area contributed by atoms with Crippen LogP contribution < -0.4 is 16.6 Å². The second-order valence-corrected chi connectivity index (χ2v) is 6.11. The fraction of sp³-hybridized carbons (Fsp3) is 0.375. The Morgan fingerprint density at radius 2 is 2.04 bits per heavy atom. The maximum absolute atomic E-state index is 12.4. The molecular formula is C16H19N7O3. The number of carbonyl (C=O) groups excluding carboxylic acids is 1. The van der Waals surface area contributed by atoms with E-state index < -0.39 is 23.2 Å². The number of aromatic nitrogens is 6. The van der Waals surface area contributed by atoms with E-state index in [-0.39, 0.29) is 22.5 Å². The summed E-state index contributed by atoms with van der Waals surface area (Å²) >= 11 is 0. The van der Waals surface area contributed by atoms with Gasteiger partial charge in [0, 0.05) is 12.1 Å². The maximum Gasteiger partial charge on any atom is 0.327 e. The van der Waals surface area contributed by atoms with E-state index in [0.717, 1.165) is 6.42 Å². The molecule has 1 amide bonds. The fourth-order valence-corrected chi connectivity index (χ4v) is 2.40. The number of fused-ring (bicyclic) bond motifs is 1. The third kappa shape index (κ3) is 3.39. The summed E-state index contributed by atoms with van der Waals surface area (Å²) < 4.78 is 0. The number of aromatic amines is 3. The first kappa shape index (κ1) is 17.5. The van der Waals surface area contributed by atoms with Gasteiger partial charge in [-0.3, -0.25) is 24.7 Å². The SMILES string of the molecule is CC[C@@H](C)c1n[nH]c([C@H](C)NC(=O)c2cnc3[nH]c(=O)[nH]c(=O)c3c2)n1. The number of rotatable bonds is 5. The third-order valence-corrected chi connectivity index (χ3v) is 4.18. The van der Waals surface area contributed by atoms with Crippen molar-refractivity contribution in [3.8, 4) is 0 Å². The molecule has 0 fully saturated rings. The molecule has 4 N–H and O–H groups in total. The van der Waals surface area contributed by atoms with Crippen molar-refractivity contribution in [2.75, 3.05) is 0 Å². The highest BCUT2D eigenvalue weighted by molar-refractivity contribution is 5.96. The Kier molecular flexibility index (Phi) is 4.65. The van der Waals surface area contributed by atoms with Crippen LogP contribution in [0.15, 0.2) is 21.9 Å². The molecule has 0 saturated heterocycles. The second kappa shape index (κ2) is 6.90. The van der Waals surface area contributed by atoms with Crippen LogP contribution in [0.5, 0.6) is 0 Å². The zero-order chi connectivity index (χ0) is 18.8. The van der Waals surface area contributed by atoms with Gasteiger partial charge in [-0.05, 0) is 19.4 Å². The van der Waals surface area contributed by atoms with E-state index in [1.54, 1.807) is 6.92 Å². The van der Waals surface area contributed by atoms with Crippen LogP contribution in [0.4, 0.5) is 0 Å². The first-order valence-corrected chi connectivity index (χ1v) is 8.24. The van der Waals surface area contributed by atoms with Crippen molar-refractivity contribution in [2.45, 2.75) is 39.2 Å². The molecule has 0 saturated carbocycles. The Bertz CT molecular complexity index is 1070. The molecule has 0 bridgehead atoms. The predicted molar refractivity (Wildman–Crippen MR) is 94.0 cm³/mol. The summed E-state index contributed by atoms with van der Waals surface area (Å²) in [5.74, 6) is 1.05. The van der Waals surface area contributed by atoms with Crippen molar-refractivity contribution in [3.05, 3.63) is 50.3 Å². The second-order valence-electron chi connectivity index (χ2n) is 6.11. The van der Waals surface area contributed by atoms with Gasteiger partial charge in [0.25, 0.3) is 11.5 Å². The predicted octanol–water partition coefficient (Wildman–Crippen LogP) is 0.734. The van der Waals surface area contributed by atoms with Gasteiger partial charge in [-0.1, -0.05) is 13.8 Å². The lowest BCUT2D eigenvalue weighted by atomic mass is 10.1. The van der Waals surface area contributed by atoms with Crippen molar-refractivity contribution in [1.29, 1.82) is 0 Å². The normalized spacial score (nSPS) is 13.5. The standard InChI is InChI=1S/C16H19N7O3/c1-4-7(2)11-19-12(23-22-11)8(3)18-14(24)9-5-10-13(17-6-9)20-16(26)21-15(10)25/h5-8H,4H2,1-3H3,(H,18,24)(H,19,22,23)(H2,17,20,21,25,26)/t7-,8+/m1/s1. The molecule has 10 heteroatoms. The number of pyridine rings is 1. The fourth-order valence-electron chi connectivity index (χ4n) is 2.40. The van der Waals surface area contributed by atoms with Gasteiger partial charge < -0.3 is 5.32 Å². The molecule has 3 rings (SSSR count). The molecule has 0 aliphatic heterocycles. The van der Waals surface area contributed by atoms with Gasteiger partial charge in [0.15, 0.2) is 5.82 Å². The Balaban J connectivity index is 1.81. The Morgan fingerprint density at radius 3 is 2.77 bits per heavy atom. The molecule has 0 aliphatic carbocycles. The van der Waals surface area contributed by atoms with Gasteiger partial charge in [0.2, 0.25) is 0 Å². The first-order chi connectivity index (χ1) is 12.4. The van der Waals surface area contributed by atoms with Gasteiger partial charge >= 0.3 is 5.69 Å². The van der Waals surface area contributed by atoms with Crippen molar-refractivity contribution in [1.82, 2.24) is 35.5 Å². The average Bonchev–Trinajstić information content (AvgIpc) is 3.10. The molecule has 0 unspecified atom stereocenters. The average molecular weight is 357 g/mol. The van der Waals surface area contributed by atoms with Gasteiger partial charge in [-0.2, -0.15) is 5.10 Å². The molecule has 0 radical (unpaired) electrons. The van der Waals surface area contributed by atoms with Crippen LogP contribution in [-0.4, -0.2) is 36.0 Å². The zero-order valence-electron chi connectivity index (χ0n) is 14.6. The van der Waals surface area contributed by atoms with Crippen LogP contribution in [0.2, 0.25) is 0 Å². The quantitative estimate of drug-likeness (QED) is 0.529. The minimum atomic E-state index is -0.650. The Labute approximate surface area is 147 Å². The molecule has 0 aliphatic rings. The smallest absolute Gasteiger partial charge is 0.327 e. The number of H-pyrrole nitrogens is 3. The Morgan fingerprint density at radius 1 is 1.27 bits per heavy atom. The van der Waals surface area contributed by atoms with Crippen LogP contribution in [0.1, 0.15) is 61.2 Å². The van der Waals surface area contributed by atoms with E-state index >= 15 is 0 Å².